The monoisotopic (exact) mass is 329 g/mol. The Kier molecular flexibility index (Phi) is 5.54. The van der Waals surface area contributed by atoms with Crippen LogP contribution in [0, 0.1) is 13.8 Å². The van der Waals surface area contributed by atoms with E-state index in [1.807, 2.05) is 24.8 Å². The lowest BCUT2D eigenvalue weighted by atomic mass is 10.1. The summed E-state index contributed by atoms with van der Waals surface area (Å²) in [6.07, 6.45) is 0. The van der Waals surface area contributed by atoms with Crippen molar-refractivity contribution in [3.8, 4) is 0 Å². The maximum absolute atomic E-state index is 12.5. The average molecular weight is 329 g/mol. The molecule has 0 spiro atoms. The van der Waals surface area contributed by atoms with E-state index in [9.17, 15) is 8.42 Å². The Bertz CT molecular complexity index is 596. The molecule has 0 radical (unpaired) electrons. The normalized spacial score (nSPS) is 17.0. The summed E-state index contributed by atoms with van der Waals surface area (Å²) in [4.78, 5) is 2.50. The Morgan fingerprint density at radius 2 is 1.95 bits per heavy atom. The number of nitrogens with one attached hydrogen (secondary N) is 1. The third-order valence-electron chi connectivity index (χ3n) is 3.80. The van der Waals surface area contributed by atoms with Gasteiger partial charge in [-0.15, -0.1) is 0 Å². The predicted molar refractivity (Wildman–Crippen MR) is 89.3 cm³/mol. The fourth-order valence-electron chi connectivity index (χ4n) is 2.40. The number of anilines is 1. The Morgan fingerprint density at radius 3 is 2.62 bits per heavy atom. The van der Waals surface area contributed by atoms with Gasteiger partial charge < -0.3 is 10.6 Å². The van der Waals surface area contributed by atoms with E-state index in [0.717, 1.165) is 42.3 Å². The number of sulfonamides is 1. The van der Waals surface area contributed by atoms with Crippen LogP contribution < -0.4 is 10.5 Å². The molecular weight excluding hydrogens is 306 g/mol. The highest BCUT2D eigenvalue weighted by molar-refractivity contribution is 7.99. The van der Waals surface area contributed by atoms with E-state index in [2.05, 4.69) is 9.62 Å². The lowest BCUT2D eigenvalue weighted by molar-refractivity contribution is 0.307. The Hall–Kier alpha value is -0.760. The number of aryl methyl sites for hydroxylation is 1. The van der Waals surface area contributed by atoms with Crippen LogP contribution >= 0.6 is 11.8 Å². The molecule has 1 aromatic carbocycles. The molecule has 1 aliphatic heterocycles. The van der Waals surface area contributed by atoms with E-state index in [-0.39, 0.29) is 4.90 Å². The number of nitrogens with two attached hydrogens (primary N) is 1. The lowest BCUT2D eigenvalue weighted by Gasteiger charge is -2.26. The van der Waals surface area contributed by atoms with Crippen molar-refractivity contribution in [3.05, 3.63) is 23.3 Å². The smallest absolute Gasteiger partial charge is 0.242 e. The molecular formula is C14H23N3O2S2. The molecule has 5 nitrogen and oxygen atoms in total. The second kappa shape index (κ2) is 7.00. The van der Waals surface area contributed by atoms with Gasteiger partial charge >= 0.3 is 0 Å². The zero-order valence-electron chi connectivity index (χ0n) is 12.6. The molecule has 0 bridgehead atoms. The summed E-state index contributed by atoms with van der Waals surface area (Å²) in [6, 6.07) is 3.49. The van der Waals surface area contributed by atoms with Crippen LogP contribution in [-0.4, -0.2) is 51.0 Å². The fraction of sp³-hybridized carbons (Fsp3) is 0.571. The molecule has 7 heteroatoms. The van der Waals surface area contributed by atoms with Crippen LogP contribution in [-0.2, 0) is 10.0 Å². The van der Waals surface area contributed by atoms with Crippen molar-refractivity contribution in [1.29, 1.82) is 0 Å². The fourth-order valence-corrected chi connectivity index (χ4v) is 4.83. The molecule has 0 aromatic heterocycles. The van der Waals surface area contributed by atoms with Gasteiger partial charge in [0, 0.05) is 37.7 Å². The van der Waals surface area contributed by atoms with E-state index in [0.29, 0.717) is 12.2 Å². The van der Waals surface area contributed by atoms with Crippen LogP contribution in [0.1, 0.15) is 11.1 Å². The van der Waals surface area contributed by atoms with E-state index >= 15 is 0 Å². The van der Waals surface area contributed by atoms with Crippen molar-refractivity contribution in [2.75, 3.05) is 43.4 Å². The predicted octanol–water partition coefficient (Wildman–Crippen LogP) is 1.21. The van der Waals surface area contributed by atoms with Gasteiger partial charge in [0.1, 0.15) is 4.90 Å². The van der Waals surface area contributed by atoms with Gasteiger partial charge in [0.15, 0.2) is 0 Å². The minimum absolute atomic E-state index is 0.219. The van der Waals surface area contributed by atoms with Crippen molar-refractivity contribution >= 4 is 27.5 Å². The topological polar surface area (TPSA) is 75.4 Å². The largest absolute Gasteiger partial charge is 0.398 e. The maximum Gasteiger partial charge on any atom is 0.242 e. The number of nitrogens with zero attached hydrogens (tertiary/aromatic N) is 1. The van der Waals surface area contributed by atoms with Gasteiger partial charge in [-0.25, -0.2) is 13.1 Å². The van der Waals surface area contributed by atoms with Crippen molar-refractivity contribution in [2.24, 2.45) is 0 Å². The first-order chi connectivity index (χ1) is 9.92. The number of thioether (sulfide) groups is 1. The second-order valence-electron chi connectivity index (χ2n) is 5.28. The van der Waals surface area contributed by atoms with Crippen molar-refractivity contribution in [1.82, 2.24) is 9.62 Å². The molecule has 1 fully saturated rings. The highest BCUT2D eigenvalue weighted by atomic mass is 32.2. The van der Waals surface area contributed by atoms with Crippen LogP contribution in [0.2, 0.25) is 0 Å². The van der Waals surface area contributed by atoms with Gasteiger partial charge in [0.2, 0.25) is 10.0 Å². The number of nitrogen functional groups attached to an aromatic ring is 1. The summed E-state index contributed by atoms with van der Waals surface area (Å²) in [7, 11) is -3.55. The third kappa shape index (κ3) is 4.12. The van der Waals surface area contributed by atoms with Crippen LogP contribution in [0.15, 0.2) is 17.0 Å². The van der Waals surface area contributed by atoms with Gasteiger partial charge in [-0.2, -0.15) is 11.8 Å². The van der Waals surface area contributed by atoms with Crippen LogP contribution in [0.5, 0.6) is 0 Å². The molecule has 0 aliphatic carbocycles. The van der Waals surface area contributed by atoms with Crippen molar-refractivity contribution < 1.29 is 8.42 Å². The molecule has 21 heavy (non-hydrogen) atoms. The number of hydrogen-bond acceptors (Lipinski definition) is 5. The van der Waals surface area contributed by atoms with E-state index in [1.54, 1.807) is 13.0 Å². The Balaban J connectivity index is 2.03. The molecule has 1 aromatic rings. The molecule has 0 amide bonds. The summed E-state index contributed by atoms with van der Waals surface area (Å²) in [6.45, 7) is 6.89. The van der Waals surface area contributed by atoms with Crippen LogP contribution in [0.4, 0.5) is 5.69 Å². The highest BCUT2D eigenvalue weighted by Crippen LogP contribution is 2.24. The third-order valence-corrected chi connectivity index (χ3v) is 6.41. The summed E-state index contributed by atoms with van der Waals surface area (Å²) < 4.78 is 27.6. The first kappa shape index (κ1) is 16.6. The summed E-state index contributed by atoms with van der Waals surface area (Å²) >= 11 is 1.94. The number of rotatable bonds is 5. The molecule has 1 heterocycles. The lowest BCUT2D eigenvalue weighted by Crippen LogP contribution is -2.39. The minimum atomic E-state index is -3.55. The number of hydrogen-bond donors (Lipinski definition) is 2. The second-order valence-corrected chi connectivity index (χ2v) is 8.21. The highest BCUT2D eigenvalue weighted by Gasteiger charge is 2.21. The molecule has 0 atom stereocenters. The number of benzene rings is 1. The van der Waals surface area contributed by atoms with Crippen molar-refractivity contribution in [3.63, 3.8) is 0 Å². The first-order valence-corrected chi connectivity index (χ1v) is 9.71. The first-order valence-electron chi connectivity index (χ1n) is 7.07. The SMILES string of the molecule is Cc1ccc(N)c(S(=O)(=O)NCCN2CCSCC2)c1C. The van der Waals surface area contributed by atoms with Crippen LogP contribution in [0.25, 0.3) is 0 Å². The Labute approximate surface area is 131 Å². The van der Waals surface area contributed by atoms with Gasteiger partial charge in [-0.1, -0.05) is 6.07 Å². The zero-order chi connectivity index (χ0) is 15.5. The van der Waals surface area contributed by atoms with Gasteiger partial charge in [0.25, 0.3) is 0 Å². The van der Waals surface area contributed by atoms with E-state index in [1.165, 1.54) is 0 Å². The van der Waals surface area contributed by atoms with Crippen LogP contribution in [0.3, 0.4) is 0 Å². The molecule has 0 saturated carbocycles. The zero-order valence-corrected chi connectivity index (χ0v) is 14.2. The Morgan fingerprint density at radius 1 is 1.29 bits per heavy atom. The minimum Gasteiger partial charge on any atom is -0.398 e. The van der Waals surface area contributed by atoms with Gasteiger partial charge in [0.05, 0.1) is 5.69 Å². The summed E-state index contributed by atoms with van der Waals surface area (Å²) in [5.41, 5.74) is 7.81. The summed E-state index contributed by atoms with van der Waals surface area (Å²) in [5.74, 6) is 2.24. The molecule has 2 rings (SSSR count). The average Bonchev–Trinajstić information content (AvgIpc) is 2.44. The van der Waals surface area contributed by atoms with Gasteiger partial charge in [-0.3, -0.25) is 0 Å². The summed E-state index contributed by atoms with van der Waals surface area (Å²) in [5, 5.41) is 0. The molecule has 3 N–H and O–H groups in total. The standard InChI is InChI=1S/C14H23N3O2S2/c1-11-3-4-13(15)14(12(11)2)21(18,19)16-5-6-17-7-9-20-10-8-17/h3-4,16H,5-10,15H2,1-2H3. The maximum atomic E-state index is 12.5. The molecule has 118 valence electrons. The molecule has 1 aliphatic rings. The molecule has 1 saturated heterocycles. The van der Waals surface area contributed by atoms with E-state index in [4.69, 9.17) is 5.73 Å². The van der Waals surface area contributed by atoms with E-state index < -0.39 is 10.0 Å². The quantitative estimate of drug-likeness (QED) is 0.794. The van der Waals surface area contributed by atoms with Crippen molar-refractivity contribution in [2.45, 2.75) is 18.7 Å². The molecule has 0 unspecified atom stereocenters. The van der Waals surface area contributed by atoms with Gasteiger partial charge in [-0.05, 0) is 31.0 Å².